The number of nitrogens with one attached hydrogen (secondary N) is 2. The predicted molar refractivity (Wildman–Crippen MR) is 131 cm³/mol. The van der Waals surface area contributed by atoms with Crippen LogP contribution in [0, 0.1) is 6.92 Å². The van der Waals surface area contributed by atoms with Gasteiger partial charge in [-0.25, -0.2) is 0 Å². The Kier molecular flexibility index (Phi) is 5.41. The van der Waals surface area contributed by atoms with E-state index in [1.807, 2.05) is 42.5 Å². The molecule has 1 aliphatic heterocycles. The van der Waals surface area contributed by atoms with Crippen molar-refractivity contribution >= 4 is 17.5 Å². The molecule has 1 saturated carbocycles. The fourth-order valence-electron chi connectivity index (χ4n) is 4.55. The summed E-state index contributed by atoms with van der Waals surface area (Å²) in [5, 5.41) is 5.99. The van der Waals surface area contributed by atoms with Crippen LogP contribution in [0.15, 0.2) is 60.7 Å². The molecule has 1 fully saturated rings. The summed E-state index contributed by atoms with van der Waals surface area (Å²) >= 11 is 0. The first kappa shape index (κ1) is 21.3. The van der Waals surface area contributed by atoms with E-state index in [4.69, 9.17) is 4.74 Å². The SMILES string of the molecule is CC(=O)NCc1ccc(-c2cc(NC(=O)C3(c4ccc5c(c4)CCO5)CC3)ccc2C)cc1.[HH]. The summed E-state index contributed by atoms with van der Waals surface area (Å²) in [6, 6.07) is 20.4. The van der Waals surface area contributed by atoms with Crippen LogP contribution in [-0.2, 0) is 28.0 Å². The van der Waals surface area contributed by atoms with Crippen LogP contribution >= 0.6 is 0 Å². The fourth-order valence-corrected chi connectivity index (χ4v) is 4.55. The molecule has 5 heteroatoms. The number of rotatable bonds is 6. The van der Waals surface area contributed by atoms with Gasteiger partial charge in [-0.1, -0.05) is 42.5 Å². The summed E-state index contributed by atoms with van der Waals surface area (Å²) in [7, 11) is 0. The molecule has 0 spiro atoms. The zero-order chi connectivity index (χ0) is 23.0. The third-order valence-electron chi connectivity index (χ3n) is 6.73. The lowest BCUT2D eigenvalue weighted by molar-refractivity contribution is -0.119. The fraction of sp³-hybridized carbons (Fsp3) is 0.286. The van der Waals surface area contributed by atoms with Crippen molar-refractivity contribution in [2.75, 3.05) is 11.9 Å². The molecule has 5 rings (SSSR count). The van der Waals surface area contributed by atoms with E-state index in [2.05, 4.69) is 35.8 Å². The molecule has 0 aromatic heterocycles. The molecule has 0 bridgehead atoms. The van der Waals surface area contributed by atoms with Crippen LogP contribution in [0.2, 0.25) is 0 Å². The van der Waals surface area contributed by atoms with Gasteiger partial charge in [0.05, 0.1) is 12.0 Å². The molecule has 0 saturated heterocycles. The van der Waals surface area contributed by atoms with Crippen molar-refractivity contribution in [2.24, 2.45) is 0 Å². The standard InChI is InChI=1S/C28H28N2O3.H2/c1-18-3-9-24(16-25(18)21-6-4-20(5-7-21)17-29-19(2)31)30-27(32)28(12-13-28)23-8-10-26-22(15-23)11-14-33-26;/h3-10,15-16H,11-14,17H2,1-2H3,(H,29,31)(H,30,32);1H. The van der Waals surface area contributed by atoms with Gasteiger partial charge in [-0.15, -0.1) is 0 Å². The van der Waals surface area contributed by atoms with E-state index in [1.54, 1.807) is 0 Å². The number of hydrogen-bond acceptors (Lipinski definition) is 3. The summed E-state index contributed by atoms with van der Waals surface area (Å²) in [6.07, 6.45) is 2.64. The van der Waals surface area contributed by atoms with Crippen LogP contribution in [0.25, 0.3) is 11.1 Å². The summed E-state index contributed by atoms with van der Waals surface area (Å²) in [5.74, 6) is 0.961. The number of anilines is 1. The van der Waals surface area contributed by atoms with Gasteiger partial charge in [0.2, 0.25) is 11.8 Å². The number of carbonyl (C=O) groups excluding carboxylic acids is 2. The van der Waals surface area contributed by atoms with Gasteiger partial charge in [-0.2, -0.15) is 0 Å². The quantitative estimate of drug-likeness (QED) is 0.555. The molecular weight excluding hydrogens is 412 g/mol. The van der Waals surface area contributed by atoms with E-state index in [1.165, 1.54) is 12.5 Å². The molecule has 2 N–H and O–H groups in total. The Balaban J connectivity index is 0.00000274. The van der Waals surface area contributed by atoms with Crippen molar-refractivity contribution in [3.05, 3.63) is 82.9 Å². The normalized spacial score (nSPS) is 15.3. The highest BCUT2D eigenvalue weighted by Gasteiger charge is 2.51. The van der Waals surface area contributed by atoms with Crippen LogP contribution < -0.4 is 15.4 Å². The number of aryl methyl sites for hydroxylation is 1. The first-order valence-corrected chi connectivity index (χ1v) is 11.5. The number of carbonyl (C=O) groups is 2. The van der Waals surface area contributed by atoms with Gasteiger partial charge in [0.1, 0.15) is 5.75 Å². The molecule has 2 amide bonds. The first-order valence-electron chi connectivity index (χ1n) is 11.5. The van der Waals surface area contributed by atoms with Gasteiger partial charge < -0.3 is 15.4 Å². The number of ether oxygens (including phenoxy) is 1. The molecule has 3 aromatic rings. The van der Waals surface area contributed by atoms with Gasteiger partial charge in [0, 0.05) is 27.0 Å². The van der Waals surface area contributed by atoms with Crippen LogP contribution in [-0.4, -0.2) is 18.4 Å². The van der Waals surface area contributed by atoms with Crippen LogP contribution in [0.4, 0.5) is 5.69 Å². The minimum absolute atomic E-state index is 0. The van der Waals surface area contributed by atoms with Crippen molar-refractivity contribution in [3.8, 4) is 16.9 Å². The van der Waals surface area contributed by atoms with Crippen molar-refractivity contribution < 1.29 is 15.8 Å². The van der Waals surface area contributed by atoms with Crippen LogP contribution in [0.5, 0.6) is 5.75 Å². The zero-order valence-electron chi connectivity index (χ0n) is 19.0. The molecule has 170 valence electrons. The average Bonchev–Trinajstić information content (AvgIpc) is 3.50. The minimum Gasteiger partial charge on any atom is -0.493 e. The number of fused-ring (bicyclic) bond motifs is 1. The zero-order valence-corrected chi connectivity index (χ0v) is 19.0. The Labute approximate surface area is 195 Å². The molecule has 33 heavy (non-hydrogen) atoms. The summed E-state index contributed by atoms with van der Waals surface area (Å²) in [6.45, 7) is 4.82. The molecule has 1 heterocycles. The van der Waals surface area contributed by atoms with Gasteiger partial charge in [-0.3, -0.25) is 9.59 Å². The highest BCUT2D eigenvalue weighted by molar-refractivity contribution is 6.02. The smallest absolute Gasteiger partial charge is 0.235 e. The molecule has 0 radical (unpaired) electrons. The Morgan fingerprint density at radius 1 is 1.03 bits per heavy atom. The van der Waals surface area contributed by atoms with Crippen molar-refractivity contribution in [1.29, 1.82) is 0 Å². The van der Waals surface area contributed by atoms with E-state index in [0.29, 0.717) is 6.54 Å². The monoisotopic (exact) mass is 442 g/mol. The molecule has 5 nitrogen and oxygen atoms in total. The van der Waals surface area contributed by atoms with Gasteiger partial charge in [0.15, 0.2) is 0 Å². The molecule has 0 atom stereocenters. The van der Waals surface area contributed by atoms with Crippen molar-refractivity contribution in [2.45, 2.75) is 45.1 Å². The summed E-state index contributed by atoms with van der Waals surface area (Å²) in [5.41, 5.74) is 7.01. The van der Waals surface area contributed by atoms with Crippen molar-refractivity contribution in [1.82, 2.24) is 5.32 Å². The third kappa shape index (κ3) is 4.23. The molecule has 2 aliphatic rings. The topological polar surface area (TPSA) is 67.4 Å². The number of benzene rings is 3. The lowest BCUT2D eigenvalue weighted by Gasteiger charge is -2.18. The largest absolute Gasteiger partial charge is 0.493 e. The average molecular weight is 443 g/mol. The van der Waals surface area contributed by atoms with Crippen LogP contribution in [0.3, 0.4) is 0 Å². The maximum absolute atomic E-state index is 13.3. The molecule has 0 unspecified atom stereocenters. The van der Waals surface area contributed by atoms with E-state index in [9.17, 15) is 9.59 Å². The van der Waals surface area contributed by atoms with E-state index in [0.717, 1.165) is 65.1 Å². The van der Waals surface area contributed by atoms with E-state index >= 15 is 0 Å². The Bertz CT molecular complexity index is 1230. The number of amides is 2. The first-order chi connectivity index (χ1) is 15.9. The van der Waals surface area contributed by atoms with Gasteiger partial charge in [0.25, 0.3) is 0 Å². The van der Waals surface area contributed by atoms with Gasteiger partial charge >= 0.3 is 0 Å². The van der Waals surface area contributed by atoms with Crippen LogP contribution in [0.1, 0.15) is 43.4 Å². The highest BCUT2D eigenvalue weighted by Crippen LogP contribution is 2.50. The third-order valence-corrected chi connectivity index (χ3v) is 6.73. The van der Waals surface area contributed by atoms with Crippen molar-refractivity contribution in [3.63, 3.8) is 0 Å². The second-order valence-corrected chi connectivity index (χ2v) is 9.09. The molecular formula is C28H30N2O3. The Morgan fingerprint density at radius 2 is 1.82 bits per heavy atom. The van der Waals surface area contributed by atoms with Gasteiger partial charge in [-0.05, 0) is 71.3 Å². The van der Waals surface area contributed by atoms with E-state index in [-0.39, 0.29) is 13.2 Å². The molecule has 3 aromatic carbocycles. The molecule has 1 aliphatic carbocycles. The lowest BCUT2D eigenvalue weighted by Crippen LogP contribution is -2.27. The maximum atomic E-state index is 13.3. The second-order valence-electron chi connectivity index (χ2n) is 9.09. The summed E-state index contributed by atoms with van der Waals surface area (Å²) in [4.78, 5) is 24.5. The minimum atomic E-state index is -0.436. The summed E-state index contributed by atoms with van der Waals surface area (Å²) < 4.78 is 5.62. The van der Waals surface area contributed by atoms with E-state index < -0.39 is 5.41 Å². The Morgan fingerprint density at radius 3 is 2.55 bits per heavy atom. The highest BCUT2D eigenvalue weighted by atomic mass is 16.5. The lowest BCUT2D eigenvalue weighted by atomic mass is 9.92. The predicted octanol–water partition coefficient (Wildman–Crippen LogP) is 5.15. The maximum Gasteiger partial charge on any atom is 0.235 e. The second kappa shape index (κ2) is 8.39. The number of hydrogen-bond donors (Lipinski definition) is 2. The Hall–Kier alpha value is -3.60.